The molecule has 6 nitrogen and oxygen atoms in total. The van der Waals surface area contributed by atoms with Crippen LogP contribution in [0.25, 0.3) is 11.2 Å². The molecule has 84 valence electrons. The van der Waals surface area contributed by atoms with Crippen LogP contribution in [0.5, 0.6) is 0 Å². The SMILES string of the molecule is Cc1nc2ncc(Br)cc2n1CC(=O)NN. The number of nitrogens with two attached hydrogens (primary N) is 1. The third-order valence-electron chi connectivity index (χ3n) is 2.23. The van der Waals surface area contributed by atoms with E-state index in [0.717, 1.165) is 15.8 Å². The van der Waals surface area contributed by atoms with Crippen molar-refractivity contribution in [2.45, 2.75) is 13.5 Å². The lowest BCUT2D eigenvalue weighted by Gasteiger charge is -2.04. The Labute approximate surface area is 100.0 Å². The molecule has 0 saturated heterocycles. The number of nitrogens with zero attached hydrogens (tertiary/aromatic N) is 3. The summed E-state index contributed by atoms with van der Waals surface area (Å²) < 4.78 is 2.60. The van der Waals surface area contributed by atoms with Gasteiger partial charge in [-0.05, 0) is 28.9 Å². The van der Waals surface area contributed by atoms with Crippen molar-refractivity contribution < 1.29 is 4.79 Å². The summed E-state index contributed by atoms with van der Waals surface area (Å²) in [5.41, 5.74) is 3.51. The fourth-order valence-corrected chi connectivity index (χ4v) is 1.80. The number of aromatic nitrogens is 3. The van der Waals surface area contributed by atoms with Crippen molar-refractivity contribution in [1.82, 2.24) is 20.0 Å². The zero-order valence-electron chi connectivity index (χ0n) is 8.57. The second kappa shape index (κ2) is 4.18. The first-order valence-corrected chi connectivity index (χ1v) is 5.39. The molecule has 0 unspecified atom stereocenters. The van der Waals surface area contributed by atoms with Crippen molar-refractivity contribution >= 4 is 33.0 Å². The maximum absolute atomic E-state index is 11.2. The molecule has 3 N–H and O–H groups in total. The van der Waals surface area contributed by atoms with Gasteiger partial charge in [0, 0.05) is 10.7 Å². The van der Waals surface area contributed by atoms with Gasteiger partial charge in [-0.1, -0.05) is 0 Å². The van der Waals surface area contributed by atoms with Crippen LogP contribution in [0.2, 0.25) is 0 Å². The van der Waals surface area contributed by atoms with E-state index in [2.05, 4.69) is 31.3 Å². The zero-order valence-corrected chi connectivity index (χ0v) is 10.2. The number of hydrazine groups is 1. The lowest BCUT2D eigenvalue weighted by molar-refractivity contribution is -0.121. The van der Waals surface area contributed by atoms with Crippen LogP contribution in [0.15, 0.2) is 16.7 Å². The number of hydrogen-bond donors (Lipinski definition) is 2. The number of nitrogens with one attached hydrogen (secondary N) is 1. The lowest BCUT2D eigenvalue weighted by atomic mass is 10.4. The van der Waals surface area contributed by atoms with E-state index in [0.29, 0.717) is 5.65 Å². The molecule has 0 fully saturated rings. The molecule has 0 aliphatic heterocycles. The Morgan fingerprint density at radius 1 is 1.69 bits per heavy atom. The van der Waals surface area contributed by atoms with Crippen molar-refractivity contribution in [1.29, 1.82) is 0 Å². The molecular formula is C9H10BrN5O. The Kier molecular flexibility index (Phi) is 2.88. The summed E-state index contributed by atoms with van der Waals surface area (Å²) in [6, 6.07) is 1.87. The Bertz CT molecular complexity index is 550. The minimum atomic E-state index is -0.276. The Morgan fingerprint density at radius 2 is 2.44 bits per heavy atom. The molecule has 2 rings (SSSR count). The average molecular weight is 284 g/mol. The van der Waals surface area contributed by atoms with Crippen molar-refractivity contribution in [3.8, 4) is 0 Å². The number of carbonyl (C=O) groups is 1. The summed E-state index contributed by atoms with van der Waals surface area (Å²) in [6.45, 7) is 1.95. The first-order chi connectivity index (χ1) is 7.61. The van der Waals surface area contributed by atoms with Gasteiger partial charge < -0.3 is 4.57 Å². The number of aryl methyl sites for hydroxylation is 1. The Balaban J connectivity index is 2.54. The van der Waals surface area contributed by atoms with E-state index < -0.39 is 0 Å². The minimum Gasteiger partial charge on any atom is -0.317 e. The topological polar surface area (TPSA) is 85.8 Å². The molecule has 0 aliphatic carbocycles. The summed E-state index contributed by atoms with van der Waals surface area (Å²) in [5, 5.41) is 0. The molecule has 0 spiro atoms. The molecule has 16 heavy (non-hydrogen) atoms. The monoisotopic (exact) mass is 283 g/mol. The van der Waals surface area contributed by atoms with Crippen LogP contribution in [-0.2, 0) is 11.3 Å². The smallest absolute Gasteiger partial charge is 0.253 e. The van der Waals surface area contributed by atoms with E-state index in [1.54, 1.807) is 10.8 Å². The first-order valence-electron chi connectivity index (χ1n) is 4.59. The van der Waals surface area contributed by atoms with Crippen LogP contribution < -0.4 is 11.3 Å². The molecule has 0 saturated carbocycles. The molecule has 0 atom stereocenters. The van der Waals surface area contributed by atoms with Gasteiger partial charge in [0.2, 0.25) is 0 Å². The highest BCUT2D eigenvalue weighted by molar-refractivity contribution is 9.10. The van der Waals surface area contributed by atoms with Gasteiger partial charge in [0.15, 0.2) is 5.65 Å². The second-order valence-electron chi connectivity index (χ2n) is 3.31. The average Bonchev–Trinajstić information content (AvgIpc) is 2.55. The number of imidazole rings is 1. The number of carbonyl (C=O) groups excluding carboxylic acids is 1. The summed E-state index contributed by atoms with van der Waals surface area (Å²) in [6.07, 6.45) is 1.67. The van der Waals surface area contributed by atoms with Gasteiger partial charge in [-0.3, -0.25) is 10.2 Å². The normalized spacial score (nSPS) is 10.7. The molecule has 2 aromatic heterocycles. The third-order valence-corrected chi connectivity index (χ3v) is 2.66. The van der Waals surface area contributed by atoms with Crippen molar-refractivity contribution in [3.63, 3.8) is 0 Å². The zero-order chi connectivity index (χ0) is 11.7. The number of hydrogen-bond acceptors (Lipinski definition) is 4. The van der Waals surface area contributed by atoms with Gasteiger partial charge >= 0.3 is 0 Å². The second-order valence-corrected chi connectivity index (χ2v) is 4.22. The van der Waals surface area contributed by atoms with Crippen LogP contribution in [0.3, 0.4) is 0 Å². The largest absolute Gasteiger partial charge is 0.317 e. The van der Waals surface area contributed by atoms with Gasteiger partial charge in [0.1, 0.15) is 12.4 Å². The van der Waals surface area contributed by atoms with Gasteiger partial charge in [0.05, 0.1) is 5.52 Å². The van der Waals surface area contributed by atoms with Gasteiger partial charge in [-0.15, -0.1) is 0 Å². The van der Waals surface area contributed by atoms with Crippen LogP contribution in [0.4, 0.5) is 0 Å². The standard InChI is InChI=1S/C9H10BrN5O/c1-5-13-9-7(2-6(10)3-12-9)15(5)4-8(16)14-11/h2-3H,4,11H2,1H3,(H,14,16). The fraction of sp³-hybridized carbons (Fsp3) is 0.222. The predicted octanol–water partition coefficient (Wildman–Crippen LogP) is 0.492. The highest BCUT2D eigenvalue weighted by Gasteiger charge is 2.11. The Hall–Kier alpha value is -1.47. The highest BCUT2D eigenvalue weighted by atomic mass is 79.9. The van der Waals surface area contributed by atoms with E-state index in [9.17, 15) is 4.79 Å². The third kappa shape index (κ3) is 1.91. The number of halogens is 1. The van der Waals surface area contributed by atoms with Crippen molar-refractivity contribution in [3.05, 3.63) is 22.6 Å². The van der Waals surface area contributed by atoms with Crippen LogP contribution in [0.1, 0.15) is 5.82 Å². The lowest BCUT2D eigenvalue weighted by Crippen LogP contribution is -2.33. The van der Waals surface area contributed by atoms with Crippen molar-refractivity contribution in [2.75, 3.05) is 0 Å². The first kappa shape index (κ1) is 11.0. The van der Waals surface area contributed by atoms with E-state index in [-0.39, 0.29) is 12.5 Å². The van der Waals surface area contributed by atoms with E-state index in [4.69, 9.17) is 5.84 Å². The molecule has 7 heteroatoms. The van der Waals surface area contributed by atoms with E-state index in [1.807, 2.05) is 13.0 Å². The Morgan fingerprint density at radius 3 is 3.12 bits per heavy atom. The number of amides is 1. The van der Waals surface area contributed by atoms with Gasteiger partial charge in [0.25, 0.3) is 5.91 Å². The van der Waals surface area contributed by atoms with Gasteiger partial charge in [-0.2, -0.15) is 0 Å². The number of fused-ring (bicyclic) bond motifs is 1. The summed E-state index contributed by atoms with van der Waals surface area (Å²) >= 11 is 3.33. The fourth-order valence-electron chi connectivity index (χ4n) is 1.48. The maximum atomic E-state index is 11.2. The van der Waals surface area contributed by atoms with Crippen LogP contribution >= 0.6 is 15.9 Å². The summed E-state index contributed by atoms with van der Waals surface area (Å²) in [5.74, 6) is 5.51. The van der Waals surface area contributed by atoms with Crippen LogP contribution in [0, 0.1) is 6.92 Å². The molecule has 0 bridgehead atoms. The molecule has 2 aromatic rings. The highest BCUT2D eigenvalue weighted by Crippen LogP contribution is 2.18. The molecule has 0 aromatic carbocycles. The van der Waals surface area contributed by atoms with Gasteiger partial charge in [-0.25, -0.2) is 15.8 Å². The molecular weight excluding hydrogens is 274 g/mol. The van der Waals surface area contributed by atoms with E-state index >= 15 is 0 Å². The quantitative estimate of drug-likeness (QED) is 0.477. The molecule has 0 radical (unpaired) electrons. The molecule has 0 aliphatic rings. The van der Waals surface area contributed by atoms with Crippen molar-refractivity contribution in [2.24, 2.45) is 5.84 Å². The summed E-state index contributed by atoms with van der Waals surface area (Å²) in [4.78, 5) is 19.6. The molecule has 1 amide bonds. The predicted molar refractivity (Wildman–Crippen MR) is 62.3 cm³/mol. The minimum absolute atomic E-state index is 0.136. The van der Waals surface area contributed by atoms with Crippen LogP contribution in [-0.4, -0.2) is 20.4 Å². The maximum Gasteiger partial charge on any atom is 0.253 e. The molecule has 2 heterocycles. The number of rotatable bonds is 2. The number of pyridine rings is 1. The van der Waals surface area contributed by atoms with E-state index in [1.165, 1.54) is 0 Å². The summed E-state index contributed by atoms with van der Waals surface area (Å²) in [7, 11) is 0.